The van der Waals surface area contributed by atoms with E-state index >= 15 is 0 Å². The average molecular weight is 299 g/mol. The Morgan fingerprint density at radius 1 is 1.32 bits per heavy atom. The molecule has 0 radical (unpaired) electrons. The molecule has 0 aliphatic heterocycles. The maximum atomic E-state index is 13.1. The van der Waals surface area contributed by atoms with E-state index in [0.717, 1.165) is 11.8 Å². The number of halogens is 2. The molecule has 5 heteroatoms. The van der Waals surface area contributed by atoms with E-state index < -0.39 is 5.82 Å². The molecule has 19 heavy (non-hydrogen) atoms. The van der Waals surface area contributed by atoms with E-state index in [0.29, 0.717) is 16.8 Å². The highest BCUT2D eigenvalue weighted by atomic mass is 35.5. The van der Waals surface area contributed by atoms with E-state index in [1.807, 2.05) is 0 Å². The van der Waals surface area contributed by atoms with Crippen molar-refractivity contribution in [3.05, 3.63) is 29.0 Å². The second kappa shape index (κ2) is 5.25. The highest BCUT2D eigenvalue weighted by Gasteiger charge is 2.39. The lowest BCUT2D eigenvalue weighted by molar-refractivity contribution is 0.392. The Morgan fingerprint density at radius 2 is 2.16 bits per heavy atom. The van der Waals surface area contributed by atoms with Gasteiger partial charge in [-0.15, -0.1) is 0 Å². The van der Waals surface area contributed by atoms with Crippen molar-refractivity contribution in [3.8, 4) is 0 Å². The third-order valence-corrected chi connectivity index (χ3v) is 4.74. The molecule has 2 nitrogen and oxygen atoms in total. The SMILES string of the molecule is Fc1ccc(NC(=S)N[C@H]2C[C@H]3CC[C@@H]2C3)cc1Cl. The normalized spacial score (nSPS) is 28.4. The molecule has 0 amide bonds. The van der Waals surface area contributed by atoms with Crippen LogP contribution in [0.25, 0.3) is 0 Å². The summed E-state index contributed by atoms with van der Waals surface area (Å²) in [6.45, 7) is 0. The minimum atomic E-state index is -0.417. The average Bonchev–Trinajstić information content (AvgIpc) is 2.96. The quantitative estimate of drug-likeness (QED) is 0.808. The molecule has 2 aliphatic carbocycles. The molecule has 0 unspecified atom stereocenters. The van der Waals surface area contributed by atoms with Crippen molar-refractivity contribution in [2.45, 2.75) is 31.7 Å². The van der Waals surface area contributed by atoms with Gasteiger partial charge in [0, 0.05) is 11.7 Å². The molecular formula is C14H16ClFN2S. The zero-order valence-corrected chi connectivity index (χ0v) is 12.0. The Kier molecular flexibility index (Phi) is 3.63. The van der Waals surface area contributed by atoms with Crippen molar-refractivity contribution in [1.82, 2.24) is 5.32 Å². The van der Waals surface area contributed by atoms with Crippen LogP contribution in [0.2, 0.25) is 5.02 Å². The highest BCUT2D eigenvalue weighted by Crippen LogP contribution is 2.44. The Hall–Kier alpha value is -0.870. The number of nitrogens with one attached hydrogen (secondary N) is 2. The number of hydrogen-bond donors (Lipinski definition) is 2. The monoisotopic (exact) mass is 298 g/mol. The van der Waals surface area contributed by atoms with Gasteiger partial charge in [0.25, 0.3) is 0 Å². The fraction of sp³-hybridized carbons (Fsp3) is 0.500. The van der Waals surface area contributed by atoms with Gasteiger partial charge in [-0.1, -0.05) is 18.0 Å². The smallest absolute Gasteiger partial charge is 0.171 e. The van der Waals surface area contributed by atoms with Crippen LogP contribution in [0, 0.1) is 17.7 Å². The summed E-state index contributed by atoms with van der Waals surface area (Å²) in [7, 11) is 0. The maximum Gasteiger partial charge on any atom is 0.171 e. The predicted octanol–water partition coefficient (Wildman–Crippen LogP) is 3.95. The summed E-state index contributed by atoms with van der Waals surface area (Å²) < 4.78 is 13.1. The van der Waals surface area contributed by atoms with E-state index in [1.165, 1.54) is 31.7 Å². The summed E-state index contributed by atoms with van der Waals surface area (Å²) in [6, 6.07) is 5.02. The molecule has 102 valence electrons. The number of benzene rings is 1. The second-order valence-electron chi connectivity index (χ2n) is 5.51. The first-order valence-corrected chi connectivity index (χ1v) is 7.43. The minimum Gasteiger partial charge on any atom is -0.359 e. The molecule has 0 aromatic heterocycles. The summed E-state index contributed by atoms with van der Waals surface area (Å²) >= 11 is 11.0. The van der Waals surface area contributed by atoms with Crippen LogP contribution in [0.4, 0.5) is 10.1 Å². The predicted molar refractivity (Wildman–Crippen MR) is 80.0 cm³/mol. The van der Waals surface area contributed by atoms with Gasteiger partial charge in [-0.2, -0.15) is 0 Å². The number of hydrogen-bond acceptors (Lipinski definition) is 1. The highest BCUT2D eigenvalue weighted by molar-refractivity contribution is 7.80. The van der Waals surface area contributed by atoms with Crippen LogP contribution < -0.4 is 10.6 Å². The van der Waals surface area contributed by atoms with Gasteiger partial charge >= 0.3 is 0 Å². The van der Waals surface area contributed by atoms with E-state index in [2.05, 4.69) is 10.6 Å². The molecule has 3 rings (SSSR count). The van der Waals surface area contributed by atoms with Crippen molar-refractivity contribution in [2.24, 2.45) is 11.8 Å². The Labute approximate surface area is 122 Å². The summed E-state index contributed by atoms with van der Waals surface area (Å²) in [4.78, 5) is 0. The molecule has 2 N–H and O–H groups in total. The van der Waals surface area contributed by atoms with E-state index in [9.17, 15) is 4.39 Å². The molecule has 2 fully saturated rings. The minimum absolute atomic E-state index is 0.104. The van der Waals surface area contributed by atoms with Crippen LogP contribution in [-0.4, -0.2) is 11.2 Å². The molecule has 0 saturated heterocycles. The fourth-order valence-electron chi connectivity index (χ4n) is 3.33. The molecule has 3 atom stereocenters. The number of fused-ring (bicyclic) bond motifs is 2. The van der Waals surface area contributed by atoms with Gasteiger partial charge < -0.3 is 10.6 Å². The van der Waals surface area contributed by atoms with Crippen LogP contribution in [0.5, 0.6) is 0 Å². The molecular weight excluding hydrogens is 283 g/mol. The first kappa shape index (κ1) is 13.1. The largest absolute Gasteiger partial charge is 0.359 e. The third-order valence-electron chi connectivity index (χ3n) is 4.23. The van der Waals surface area contributed by atoms with Crippen molar-refractivity contribution in [3.63, 3.8) is 0 Å². The van der Waals surface area contributed by atoms with Crippen molar-refractivity contribution >= 4 is 34.6 Å². The molecule has 2 saturated carbocycles. The molecule has 0 spiro atoms. The van der Waals surface area contributed by atoms with Crippen LogP contribution >= 0.6 is 23.8 Å². The van der Waals surface area contributed by atoms with Gasteiger partial charge in [-0.25, -0.2) is 4.39 Å². The summed E-state index contributed by atoms with van der Waals surface area (Å²) in [5.41, 5.74) is 0.715. The summed E-state index contributed by atoms with van der Waals surface area (Å²) in [5.74, 6) is 1.23. The van der Waals surface area contributed by atoms with E-state index in [-0.39, 0.29) is 5.02 Å². The molecule has 1 aromatic rings. The lowest BCUT2D eigenvalue weighted by atomic mass is 9.96. The van der Waals surface area contributed by atoms with E-state index in [1.54, 1.807) is 12.1 Å². The van der Waals surface area contributed by atoms with Gasteiger partial charge in [-0.05, 0) is 61.5 Å². The van der Waals surface area contributed by atoms with Gasteiger partial charge in [0.2, 0.25) is 0 Å². The standard InChI is InChI=1S/C14H16ClFN2S/c15-11-7-10(3-4-12(11)16)17-14(19)18-13-6-8-1-2-9(13)5-8/h3-4,7-9,13H,1-2,5-6H2,(H2,17,18,19)/t8-,9+,13-/m0/s1. The zero-order chi connectivity index (χ0) is 13.4. The number of rotatable bonds is 2. The maximum absolute atomic E-state index is 13.1. The Bertz CT molecular complexity index is 508. The summed E-state index contributed by atoms with van der Waals surface area (Å²) in [6.07, 6.45) is 5.24. The molecule has 2 bridgehead atoms. The lowest BCUT2D eigenvalue weighted by Gasteiger charge is -2.24. The first-order valence-electron chi connectivity index (χ1n) is 6.64. The van der Waals surface area contributed by atoms with Gasteiger partial charge in [-0.3, -0.25) is 0 Å². The van der Waals surface area contributed by atoms with Crippen molar-refractivity contribution < 1.29 is 4.39 Å². The fourth-order valence-corrected chi connectivity index (χ4v) is 3.78. The third kappa shape index (κ3) is 2.84. The Morgan fingerprint density at radius 3 is 2.79 bits per heavy atom. The van der Waals surface area contributed by atoms with Crippen molar-refractivity contribution in [1.29, 1.82) is 0 Å². The van der Waals surface area contributed by atoms with Crippen LogP contribution in [0.3, 0.4) is 0 Å². The first-order chi connectivity index (χ1) is 9.11. The number of anilines is 1. The zero-order valence-electron chi connectivity index (χ0n) is 10.5. The summed E-state index contributed by atoms with van der Waals surface area (Å²) in [5, 5.41) is 7.14. The van der Waals surface area contributed by atoms with Gasteiger partial charge in [0.15, 0.2) is 5.11 Å². The number of thiocarbonyl (C=S) groups is 1. The van der Waals surface area contributed by atoms with Crippen LogP contribution in [-0.2, 0) is 0 Å². The molecule has 0 heterocycles. The topological polar surface area (TPSA) is 24.1 Å². The van der Waals surface area contributed by atoms with Crippen LogP contribution in [0.1, 0.15) is 25.7 Å². The van der Waals surface area contributed by atoms with Gasteiger partial charge in [0.1, 0.15) is 5.82 Å². The second-order valence-corrected chi connectivity index (χ2v) is 6.32. The van der Waals surface area contributed by atoms with Crippen LogP contribution in [0.15, 0.2) is 18.2 Å². The Balaban J connectivity index is 1.57. The molecule has 2 aliphatic rings. The van der Waals surface area contributed by atoms with E-state index in [4.69, 9.17) is 23.8 Å². The molecule has 1 aromatic carbocycles. The van der Waals surface area contributed by atoms with Gasteiger partial charge in [0.05, 0.1) is 5.02 Å². The lowest BCUT2D eigenvalue weighted by Crippen LogP contribution is -2.40. The van der Waals surface area contributed by atoms with Crippen molar-refractivity contribution in [2.75, 3.05) is 5.32 Å².